The van der Waals surface area contributed by atoms with E-state index >= 15 is 0 Å². The van der Waals surface area contributed by atoms with Crippen molar-refractivity contribution < 1.29 is 0 Å². The van der Waals surface area contributed by atoms with Crippen molar-refractivity contribution in [2.75, 3.05) is 19.6 Å². The lowest BCUT2D eigenvalue weighted by Crippen LogP contribution is -2.29. The van der Waals surface area contributed by atoms with Crippen LogP contribution in [0.3, 0.4) is 0 Å². The van der Waals surface area contributed by atoms with Crippen LogP contribution in [0.2, 0.25) is 0 Å². The number of piperidine rings is 1. The summed E-state index contributed by atoms with van der Waals surface area (Å²) in [4.78, 5) is 2.53. The number of nitrogens with zero attached hydrogens (tertiary/aromatic N) is 1. The molecule has 0 atom stereocenters. The maximum absolute atomic E-state index is 2.53. The van der Waals surface area contributed by atoms with E-state index in [1.54, 1.807) is 0 Å². The maximum Gasteiger partial charge on any atom is 0.0166 e. The van der Waals surface area contributed by atoms with E-state index in [-0.39, 0.29) is 0 Å². The molecule has 1 aromatic carbocycles. The zero-order valence-electron chi connectivity index (χ0n) is 11.1. The lowest BCUT2D eigenvalue weighted by molar-refractivity contribution is 0.251. The molecule has 1 aliphatic rings. The first-order valence-electron chi connectivity index (χ1n) is 7.03. The third kappa shape index (κ3) is 4.89. The fourth-order valence-corrected chi connectivity index (χ4v) is 2.33. The van der Waals surface area contributed by atoms with E-state index < -0.39 is 0 Å². The normalized spacial score (nSPS) is 17.8. The lowest BCUT2D eigenvalue weighted by atomic mass is 10.1. The number of benzene rings is 1. The molecular weight excluding hydrogens is 218 g/mol. The summed E-state index contributed by atoms with van der Waals surface area (Å²) in [5.74, 6) is 0. The molecule has 1 fully saturated rings. The van der Waals surface area contributed by atoms with Crippen LogP contribution in [0.1, 0.15) is 24.8 Å². The van der Waals surface area contributed by atoms with Crippen molar-refractivity contribution in [1.29, 1.82) is 0 Å². The molecule has 0 aliphatic carbocycles. The Kier molecular flexibility index (Phi) is 5.74. The standard InChI is InChI=1S/C17H23N/c1(5-11-17-12-6-3-7-13-17)2-8-14-18-15-9-4-10-16-18/h1-3,5-8,12-13H,4,9-11,14-16H2. The summed E-state index contributed by atoms with van der Waals surface area (Å²) in [6.07, 6.45) is 14.0. The summed E-state index contributed by atoms with van der Waals surface area (Å²) in [7, 11) is 0. The predicted molar refractivity (Wildman–Crippen MR) is 78.7 cm³/mol. The summed E-state index contributed by atoms with van der Waals surface area (Å²) >= 11 is 0. The third-order valence-corrected chi connectivity index (χ3v) is 3.39. The van der Waals surface area contributed by atoms with Crippen molar-refractivity contribution >= 4 is 0 Å². The van der Waals surface area contributed by atoms with E-state index in [1.807, 2.05) is 0 Å². The Morgan fingerprint density at radius 1 is 0.889 bits per heavy atom. The van der Waals surface area contributed by atoms with Crippen LogP contribution in [0.25, 0.3) is 0 Å². The smallest absolute Gasteiger partial charge is 0.0166 e. The average Bonchev–Trinajstić information content (AvgIpc) is 2.45. The van der Waals surface area contributed by atoms with Gasteiger partial charge in [-0.2, -0.15) is 0 Å². The van der Waals surface area contributed by atoms with Gasteiger partial charge in [0.2, 0.25) is 0 Å². The number of rotatable bonds is 5. The Balaban J connectivity index is 1.64. The molecule has 1 heteroatoms. The van der Waals surface area contributed by atoms with Crippen molar-refractivity contribution in [1.82, 2.24) is 4.90 Å². The number of hydrogen-bond acceptors (Lipinski definition) is 1. The second-order valence-electron chi connectivity index (χ2n) is 4.91. The molecule has 18 heavy (non-hydrogen) atoms. The van der Waals surface area contributed by atoms with Gasteiger partial charge in [0.15, 0.2) is 0 Å². The van der Waals surface area contributed by atoms with Crippen LogP contribution in [0, 0.1) is 0 Å². The van der Waals surface area contributed by atoms with Crippen molar-refractivity contribution in [2.45, 2.75) is 25.7 Å². The molecule has 1 nitrogen and oxygen atoms in total. The topological polar surface area (TPSA) is 3.24 Å². The maximum atomic E-state index is 2.53. The van der Waals surface area contributed by atoms with Crippen LogP contribution < -0.4 is 0 Å². The van der Waals surface area contributed by atoms with Crippen LogP contribution >= 0.6 is 0 Å². The Morgan fingerprint density at radius 2 is 1.61 bits per heavy atom. The minimum absolute atomic E-state index is 1.02. The molecule has 96 valence electrons. The summed E-state index contributed by atoms with van der Waals surface area (Å²) in [5, 5.41) is 0. The molecule has 0 unspecified atom stereocenters. The van der Waals surface area contributed by atoms with Crippen molar-refractivity contribution in [2.24, 2.45) is 0 Å². The molecule has 0 spiro atoms. The minimum Gasteiger partial charge on any atom is -0.300 e. The van der Waals surface area contributed by atoms with Gasteiger partial charge in [-0.05, 0) is 37.9 Å². The second-order valence-corrected chi connectivity index (χ2v) is 4.91. The average molecular weight is 241 g/mol. The fraction of sp³-hybridized carbons (Fsp3) is 0.412. The largest absolute Gasteiger partial charge is 0.300 e. The molecule has 1 aromatic rings. The van der Waals surface area contributed by atoms with Crippen molar-refractivity contribution in [3.63, 3.8) is 0 Å². The van der Waals surface area contributed by atoms with Gasteiger partial charge in [0.05, 0.1) is 0 Å². The van der Waals surface area contributed by atoms with E-state index in [0.717, 1.165) is 13.0 Å². The van der Waals surface area contributed by atoms with Crippen LogP contribution in [0.15, 0.2) is 54.6 Å². The Bertz CT molecular complexity index is 372. The van der Waals surface area contributed by atoms with Crippen LogP contribution in [-0.4, -0.2) is 24.5 Å². The van der Waals surface area contributed by atoms with Gasteiger partial charge in [-0.15, -0.1) is 0 Å². The highest BCUT2D eigenvalue weighted by molar-refractivity contribution is 5.18. The first-order chi connectivity index (χ1) is 8.95. The van der Waals surface area contributed by atoms with Gasteiger partial charge in [-0.3, -0.25) is 4.90 Å². The highest BCUT2D eigenvalue weighted by Crippen LogP contribution is 2.07. The molecule has 1 heterocycles. The molecule has 1 saturated heterocycles. The second kappa shape index (κ2) is 7.88. The number of hydrogen-bond donors (Lipinski definition) is 0. The molecule has 0 N–H and O–H groups in total. The summed E-state index contributed by atoms with van der Waals surface area (Å²) < 4.78 is 0. The Morgan fingerprint density at radius 3 is 2.39 bits per heavy atom. The third-order valence-electron chi connectivity index (χ3n) is 3.39. The first-order valence-corrected chi connectivity index (χ1v) is 7.03. The molecule has 0 radical (unpaired) electrons. The molecule has 1 aliphatic heterocycles. The quantitative estimate of drug-likeness (QED) is 0.708. The van der Waals surface area contributed by atoms with Crippen molar-refractivity contribution in [3.8, 4) is 0 Å². The predicted octanol–water partition coefficient (Wildman–Crippen LogP) is 3.83. The molecular formula is C17H23N. The zero-order valence-corrected chi connectivity index (χ0v) is 11.1. The van der Waals surface area contributed by atoms with Gasteiger partial charge in [-0.25, -0.2) is 0 Å². The Labute approximate surface area is 111 Å². The summed E-state index contributed by atoms with van der Waals surface area (Å²) in [6, 6.07) is 10.6. The van der Waals surface area contributed by atoms with E-state index in [0.29, 0.717) is 0 Å². The summed E-state index contributed by atoms with van der Waals surface area (Å²) in [5.41, 5.74) is 1.37. The minimum atomic E-state index is 1.02. The van der Waals surface area contributed by atoms with Crippen molar-refractivity contribution in [3.05, 3.63) is 60.2 Å². The SMILES string of the molecule is C(C=CCN1CCCCC1)=CCc1ccccc1. The molecule has 2 rings (SSSR count). The highest BCUT2D eigenvalue weighted by Gasteiger charge is 2.06. The van der Waals surface area contributed by atoms with Gasteiger partial charge in [0, 0.05) is 6.54 Å². The molecule has 0 aromatic heterocycles. The molecule has 0 bridgehead atoms. The Hall–Kier alpha value is -1.34. The van der Waals surface area contributed by atoms with Gasteiger partial charge >= 0.3 is 0 Å². The highest BCUT2D eigenvalue weighted by atomic mass is 15.1. The van der Waals surface area contributed by atoms with E-state index in [9.17, 15) is 0 Å². The van der Waals surface area contributed by atoms with Crippen LogP contribution in [0.4, 0.5) is 0 Å². The van der Waals surface area contributed by atoms with Crippen LogP contribution in [0.5, 0.6) is 0 Å². The summed E-state index contributed by atoms with van der Waals surface area (Å²) in [6.45, 7) is 3.66. The number of likely N-dealkylation sites (tertiary alicyclic amines) is 1. The van der Waals surface area contributed by atoms with E-state index in [4.69, 9.17) is 0 Å². The van der Waals surface area contributed by atoms with Crippen LogP contribution in [-0.2, 0) is 6.42 Å². The van der Waals surface area contributed by atoms with E-state index in [1.165, 1.54) is 37.9 Å². The monoisotopic (exact) mass is 241 g/mol. The van der Waals surface area contributed by atoms with E-state index in [2.05, 4.69) is 59.5 Å². The van der Waals surface area contributed by atoms with Gasteiger partial charge < -0.3 is 0 Å². The van der Waals surface area contributed by atoms with Gasteiger partial charge in [0.25, 0.3) is 0 Å². The fourth-order valence-electron chi connectivity index (χ4n) is 2.33. The zero-order chi connectivity index (χ0) is 12.5. The first kappa shape index (κ1) is 13.1. The lowest BCUT2D eigenvalue weighted by Gasteiger charge is -2.24. The number of allylic oxidation sites excluding steroid dienone is 3. The molecule has 0 saturated carbocycles. The van der Waals surface area contributed by atoms with Gasteiger partial charge in [0.1, 0.15) is 0 Å². The molecule has 0 amide bonds. The van der Waals surface area contributed by atoms with Gasteiger partial charge in [-0.1, -0.05) is 61.1 Å².